The fourth-order valence-electron chi connectivity index (χ4n) is 2.76. The van der Waals surface area contributed by atoms with Crippen LogP contribution >= 0.6 is 23.5 Å². The second-order valence-electron chi connectivity index (χ2n) is 6.75. The van der Waals surface area contributed by atoms with Crippen LogP contribution in [0, 0.1) is 20.2 Å². The molecule has 0 aliphatic carbocycles. The number of rotatable bonds is 8. The number of urea groups is 1. The Morgan fingerprint density at radius 3 is 1.48 bits per heavy atom. The van der Waals surface area contributed by atoms with E-state index in [1.165, 1.54) is 48.5 Å². The van der Waals surface area contributed by atoms with Crippen molar-refractivity contribution in [3.05, 3.63) is 79.9 Å². The smallest absolute Gasteiger partial charge is 0.322 e. The molecule has 12 nitrogen and oxygen atoms in total. The van der Waals surface area contributed by atoms with Gasteiger partial charge in [-0.25, -0.2) is 4.79 Å². The molecule has 0 aromatic heterocycles. The summed E-state index contributed by atoms with van der Waals surface area (Å²) in [7, 11) is 0. The number of thioether (sulfide) groups is 2. The topological polar surface area (TPSA) is 179 Å². The quantitative estimate of drug-likeness (QED) is 0.317. The highest BCUT2D eigenvalue weighted by Gasteiger charge is 2.47. The number of amides is 3. The third-order valence-corrected chi connectivity index (χ3v) is 6.81. The van der Waals surface area contributed by atoms with E-state index in [0.717, 1.165) is 0 Å². The van der Waals surface area contributed by atoms with Gasteiger partial charge in [0.2, 0.25) is 10.2 Å². The summed E-state index contributed by atoms with van der Waals surface area (Å²) in [5.74, 6) is -1.09. The Balaban J connectivity index is 1.68. The van der Waals surface area contributed by atoms with Crippen molar-refractivity contribution in [3.63, 3.8) is 0 Å². The maximum atomic E-state index is 12.5. The fourth-order valence-corrected chi connectivity index (χ4v) is 4.86. The summed E-state index contributed by atoms with van der Waals surface area (Å²) in [5, 5.41) is 25.1. The molecule has 170 valence electrons. The largest absolute Gasteiger partial charge is 0.322 e. The number of nitro groups is 2. The summed E-state index contributed by atoms with van der Waals surface area (Å²) in [4.78, 5) is 69.4. The predicted octanol–water partition coefficient (Wildman–Crippen LogP) is 2.53. The van der Waals surface area contributed by atoms with Crippen molar-refractivity contribution in [3.8, 4) is 0 Å². The average molecular weight is 490 g/mol. The zero-order valence-corrected chi connectivity index (χ0v) is 18.1. The maximum Gasteiger partial charge on any atom is 0.322 e. The van der Waals surface area contributed by atoms with E-state index in [-0.39, 0.29) is 34.0 Å². The predicted molar refractivity (Wildman–Crippen MR) is 119 cm³/mol. The van der Waals surface area contributed by atoms with Gasteiger partial charge in [-0.2, -0.15) is 0 Å². The van der Waals surface area contributed by atoms with Gasteiger partial charge in [-0.1, -0.05) is 23.5 Å². The van der Waals surface area contributed by atoms with E-state index >= 15 is 0 Å². The van der Waals surface area contributed by atoms with Crippen LogP contribution in [0.4, 0.5) is 16.2 Å². The van der Waals surface area contributed by atoms with Crippen molar-refractivity contribution < 1.29 is 29.0 Å². The lowest BCUT2D eigenvalue weighted by Crippen LogP contribution is -2.52. The molecule has 2 N–H and O–H groups in total. The Bertz CT molecular complexity index is 1080. The number of hydrogen-bond acceptors (Lipinski definition) is 10. The minimum Gasteiger partial charge on any atom is -0.322 e. The van der Waals surface area contributed by atoms with Crippen molar-refractivity contribution in [2.45, 2.75) is 5.54 Å². The molecule has 1 heterocycles. The number of nitro benzene ring substituents is 2. The number of non-ortho nitro benzene ring substituents is 2. The molecule has 2 aromatic rings. The second-order valence-corrected chi connectivity index (χ2v) is 8.65. The first-order valence-electron chi connectivity index (χ1n) is 9.08. The van der Waals surface area contributed by atoms with Gasteiger partial charge >= 0.3 is 6.03 Å². The molecule has 1 saturated heterocycles. The van der Waals surface area contributed by atoms with Gasteiger partial charge in [0, 0.05) is 46.9 Å². The average Bonchev–Trinajstić information content (AvgIpc) is 3.09. The zero-order valence-electron chi connectivity index (χ0n) is 16.5. The minimum absolute atomic E-state index is 0.167. The van der Waals surface area contributed by atoms with E-state index in [9.17, 15) is 39.4 Å². The van der Waals surface area contributed by atoms with Crippen LogP contribution in [0.3, 0.4) is 0 Å². The molecule has 3 amide bonds. The van der Waals surface area contributed by atoms with Gasteiger partial charge in [0.1, 0.15) is 5.54 Å². The van der Waals surface area contributed by atoms with Crippen LogP contribution in [0.5, 0.6) is 0 Å². The molecule has 33 heavy (non-hydrogen) atoms. The summed E-state index contributed by atoms with van der Waals surface area (Å²) in [6.07, 6.45) is 0. The van der Waals surface area contributed by atoms with Crippen LogP contribution in [0.1, 0.15) is 20.7 Å². The van der Waals surface area contributed by atoms with Crippen LogP contribution < -0.4 is 10.6 Å². The van der Waals surface area contributed by atoms with Gasteiger partial charge < -0.3 is 5.32 Å². The van der Waals surface area contributed by atoms with Crippen LogP contribution in [-0.4, -0.2) is 49.1 Å². The van der Waals surface area contributed by atoms with Gasteiger partial charge in [-0.3, -0.25) is 39.9 Å². The van der Waals surface area contributed by atoms with Crippen molar-refractivity contribution in [1.29, 1.82) is 0 Å². The monoisotopic (exact) mass is 490 g/mol. The molecule has 1 aliphatic heterocycles. The summed E-state index contributed by atoms with van der Waals surface area (Å²) in [6, 6.07) is 9.03. The molecule has 1 aliphatic rings. The Labute approximate surface area is 193 Å². The number of imide groups is 1. The van der Waals surface area contributed by atoms with Crippen LogP contribution in [0.2, 0.25) is 0 Å². The van der Waals surface area contributed by atoms with Crippen LogP contribution in [0.25, 0.3) is 0 Å². The summed E-state index contributed by atoms with van der Waals surface area (Å²) in [5.41, 5.74) is -1.59. The molecule has 2 aromatic carbocycles. The fraction of sp³-hybridized carbons (Fsp3) is 0.158. The Kier molecular flexibility index (Phi) is 7.08. The minimum atomic E-state index is -1.56. The highest BCUT2D eigenvalue weighted by atomic mass is 32.2. The first-order valence-corrected chi connectivity index (χ1v) is 11.1. The highest BCUT2D eigenvalue weighted by molar-refractivity contribution is 8.15. The van der Waals surface area contributed by atoms with Crippen LogP contribution in [0.15, 0.2) is 48.5 Å². The number of nitrogens with one attached hydrogen (secondary N) is 2. The molecule has 0 atom stereocenters. The third kappa shape index (κ3) is 5.53. The molecule has 0 spiro atoms. The van der Waals surface area contributed by atoms with E-state index in [2.05, 4.69) is 10.6 Å². The maximum absolute atomic E-state index is 12.5. The first kappa shape index (κ1) is 23.9. The lowest BCUT2D eigenvalue weighted by Gasteiger charge is -2.24. The lowest BCUT2D eigenvalue weighted by molar-refractivity contribution is -0.385. The van der Waals surface area contributed by atoms with Crippen molar-refractivity contribution in [2.75, 3.05) is 11.5 Å². The van der Waals surface area contributed by atoms with E-state index in [1.54, 1.807) is 0 Å². The first-order chi connectivity index (χ1) is 15.6. The second kappa shape index (κ2) is 9.79. The van der Waals surface area contributed by atoms with Crippen LogP contribution in [-0.2, 0) is 4.79 Å². The number of hydrogen-bond donors (Lipinski definition) is 2. The molecular formula is C19H14N4O8S2. The summed E-state index contributed by atoms with van der Waals surface area (Å²) >= 11 is 1.43. The Morgan fingerprint density at radius 2 is 1.18 bits per heavy atom. The number of benzene rings is 2. The molecule has 0 bridgehead atoms. The van der Waals surface area contributed by atoms with Crippen molar-refractivity contribution in [2.24, 2.45) is 0 Å². The van der Waals surface area contributed by atoms with E-state index in [4.69, 9.17) is 0 Å². The van der Waals surface area contributed by atoms with Gasteiger partial charge in [0.15, 0.2) is 0 Å². The normalized spacial score (nSPS) is 14.3. The Hall–Kier alpha value is -3.78. The molecule has 0 radical (unpaired) electrons. The molecule has 0 saturated carbocycles. The number of nitrogens with zero attached hydrogens (tertiary/aromatic N) is 2. The zero-order chi connectivity index (χ0) is 24.2. The highest BCUT2D eigenvalue weighted by Crippen LogP contribution is 2.27. The van der Waals surface area contributed by atoms with Crippen molar-refractivity contribution >= 4 is 57.1 Å². The van der Waals surface area contributed by atoms with Gasteiger partial charge in [0.05, 0.1) is 9.85 Å². The molecule has 3 rings (SSSR count). The van der Waals surface area contributed by atoms with Gasteiger partial charge in [-0.15, -0.1) is 0 Å². The summed E-state index contributed by atoms with van der Waals surface area (Å²) < 4.78 is 0. The standard InChI is InChI=1S/C19H14N4O8S2/c24-15(11-1-5-13(6-2-11)22(28)29)32-9-19(17(26)20-18(27)21-19)10-33-16(25)12-3-7-14(8-4-12)23(30)31/h1-8H,9-10H2,(H2,20,21,26,27). The van der Waals surface area contributed by atoms with Crippen molar-refractivity contribution in [1.82, 2.24) is 10.6 Å². The lowest BCUT2D eigenvalue weighted by atomic mass is 10.1. The summed E-state index contributed by atoms with van der Waals surface area (Å²) in [6.45, 7) is 0. The van der Waals surface area contributed by atoms with E-state index in [0.29, 0.717) is 23.5 Å². The molecular weight excluding hydrogens is 476 g/mol. The van der Waals surface area contributed by atoms with E-state index < -0.39 is 37.6 Å². The van der Waals surface area contributed by atoms with Gasteiger partial charge in [0.25, 0.3) is 17.3 Å². The molecule has 14 heteroatoms. The number of carbonyl (C=O) groups excluding carboxylic acids is 4. The van der Waals surface area contributed by atoms with E-state index in [1.807, 2.05) is 0 Å². The molecule has 1 fully saturated rings. The Morgan fingerprint density at radius 1 is 0.788 bits per heavy atom. The number of carbonyl (C=O) groups is 4. The SMILES string of the molecule is O=C1NC(=O)C(CSC(=O)c2ccc([N+](=O)[O-])cc2)(CSC(=O)c2ccc([N+](=O)[O-])cc2)N1. The molecule has 0 unspecified atom stereocenters. The third-order valence-electron chi connectivity index (χ3n) is 4.54. The van der Waals surface area contributed by atoms with Gasteiger partial charge in [-0.05, 0) is 24.3 Å².